The van der Waals surface area contributed by atoms with E-state index in [1.807, 2.05) is 0 Å². The second kappa shape index (κ2) is 60.7. The van der Waals surface area contributed by atoms with Gasteiger partial charge in [-0.2, -0.15) is 0 Å². The number of esters is 3. The number of hydrogen-bond acceptors (Lipinski definition) is 6. The SMILES string of the molecule is CC/C=C\C/C=C\C/C=C\C/C=C\CCCCCCCCCCCCC(=O)OCC(COC(=O)CCCCCCC/C=C\CCCC)OC(=O)CCCCCCCCCCCCCCCCCCCCCC. The van der Waals surface area contributed by atoms with Crippen molar-refractivity contribution in [2.75, 3.05) is 13.2 Å². The Morgan fingerprint density at radius 3 is 0.903 bits per heavy atom. The minimum Gasteiger partial charge on any atom is -0.462 e. The van der Waals surface area contributed by atoms with Crippen LogP contribution in [-0.4, -0.2) is 37.2 Å². The van der Waals surface area contributed by atoms with Crippen LogP contribution >= 0.6 is 0 Å². The molecule has 0 spiro atoms. The van der Waals surface area contributed by atoms with Gasteiger partial charge in [0.1, 0.15) is 13.2 Å². The first-order valence-corrected chi connectivity index (χ1v) is 31.3. The number of carbonyl (C=O) groups is 3. The van der Waals surface area contributed by atoms with Gasteiger partial charge in [-0.25, -0.2) is 0 Å². The van der Waals surface area contributed by atoms with Crippen LogP contribution in [0.4, 0.5) is 0 Å². The Morgan fingerprint density at radius 2 is 0.556 bits per heavy atom. The van der Waals surface area contributed by atoms with E-state index in [4.69, 9.17) is 14.2 Å². The molecule has 418 valence electrons. The molecule has 0 bridgehead atoms. The van der Waals surface area contributed by atoms with E-state index in [0.717, 1.165) is 89.9 Å². The largest absolute Gasteiger partial charge is 0.462 e. The molecule has 0 saturated carbocycles. The van der Waals surface area contributed by atoms with Crippen LogP contribution in [0.25, 0.3) is 0 Å². The van der Waals surface area contributed by atoms with Gasteiger partial charge in [0, 0.05) is 19.3 Å². The van der Waals surface area contributed by atoms with Gasteiger partial charge in [0.25, 0.3) is 0 Å². The number of hydrogen-bond donors (Lipinski definition) is 0. The highest BCUT2D eigenvalue weighted by Gasteiger charge is 2.19. The minimum absolute atomic E-state index is 0.0760. The maximum atomic E-state index is 12.9. The normalized spacial score (nSPS) is 12.4. The molecule has 0 radical (unpaired) electrons. The van der Waals surface area contributed by atoms with Crippen LogP contribution < -0.4 is 0 Å². The average molecular weight is 1010 g/mol. The van der Waals surface area contributed by atoms with Gasteiger partial charge in [-0.05, 0) is 77.0 Å². The van der Waals surface area contributed by atoms with Gasteiger partial charge < -0.3 is 14.2 Å². The first-order chi connectivity index (χ1) is 35.5. The maximum absolute atomic E-state index is 12.9. The smallest absolute Gasteiger partial charge is 0.306 e. The predicted octanol–water partition coefficient (Wildman–Crippen LogP) is 21.2. The molecule has 0 N–H and O–H groups in total. The Balaban J connectivity index is 4.26. The quantitative estimate of drug-likeness (QED) is 0.0261. The fourth-order valence-corrected chi connectivity index (χ4v) is 9.06. The molecule has 0 amide bonds. The van der Waals surface area contributed by atoms with Crippen molar-refractivity contribution in [3.05, 3.63) is 60.8 Å². The van der Waals surface area contributed by atoms with Crippen molar-refractivity contribution in [1.29, 1.82) is 0 Å². The molecule has 0 rings (SSSR count). The molecule has 0 aromatic rings. The molecule has 6 nitrogen and oxygen atoms in total. The molecule has 0 aliphatic heterocycles. The standard InChI is InChI=1S/C66H118O6/c1-4-7-10-13-16-19-22-24-26-28-30-32-33-34-36-37-39-41-44-47-50-53-56-59-65(68)71-62-63(61-70-64(67)58-55-52-49-46-43-21-18-15-12-9-6-3)72-66(69)60-57-54-51-48-45-42-40-38-35-31-29-27-25-23-20-17-14-11-8-5-2/h7,10,15-16,18-19,24,26,30,32,63H,4-6,8-9,11-14,17,20-23,25,27-29,31,33-62H2,1-3H3/b10-7-,18-15-,19-16-,26-24-,32-30-. The Morgan fingerprint density at radius 1 is 0.292 bits per heavy atom. The summed E-state index contributed by atoms with van der Waals surface area (Å²) in [6.45, 7) is 6.52. The minimum atomic E-state index is -0.777. The zero-order valence-corrected chi connectivity index (χ0v) is 47.9. The number of unbranched alkanes of at least 4 members (excludes halogenated alkanes) is 36. The van der Waals surface area contributed by atoms with E-state index in [1.54, 1.807) is 0 Å². The second-order valence-electron chi connectivity index (χ2n) is 20.9. The molecule has 0 heterocycles. The fourth-order valence-electron chi connectivity index (χ4n) is 9.06. The highest BCUT2D eigenvalue weighted by molar-refractivity contribution is 5.71. The monoisotopic (exact) mass is 1010 g/mol. The average Bonchev–Trinajstić information content (AvgIpc) is 3.38. The summed E-state index contributed by atoms with van der Waals surface area (Å²) in [7, 11) is 0. The molecular weight excluding hydrogens is 889 g/mol. The molecular formula is C66H118O6. The predicted molar refractivity (Wildman–Crippen MR) is 312 cm³/mol. The van der Waals surface area contributed by atoms with Crippen LogP contribution in [0.15, 0.2) is 60.8 Å². The highest BCUT2D eigenvalue weighted by atomic mass is 16.6. The summed E-state index contributed by atoms with van der Waals surface area (Å²) >= 11 is 0. The molecule has 1 unspecified atom stereocenters. The Bertz CT molecular complexity index is 1290. The van der Waals surface area contributed by atoms with E-state index < -0.39 is 6.10 Å². The third kappa shape index (κ3) is 58.0. The first-order valence-electron chi connectivity index (χ1n) is 31.3. The summed E-state index contributed by atoms with van der Waals surface area (Å²) < 4.78 is 16.9. The van der Waals surface area contributed by atoms with Crippen molar-refractivity contribution in [3.63, 3.8) is 0 Å². The van der Waals surface area contributed by atoms with Crippen LogP contribution in [0, 0.1) is 0 Å². The van der Waals surface area contributed by atoms with Crippen LogP contribution in [0.1, 0.15) is 323 Å². The van der Waals surface area contributed by atoms with Gasteiger partial charge in [0.05, 0.1) is 0 Å². The van der Waals surface area contributed by atoms with Gasteiger partial charge in [-0.1, -0.05) is 287 Å². The van der Waals surface area contributed by atoms with Gasteiger partial charge in [-0.3, -0.25) is 14.4 Å². The number of rotatable bonds is 57. The van der Waals surface area contributed by atoms with Crippen molar-refractivity contribution >= 4 is 17.9 Å². The van der Waals surface area contributed by atoms with Crippen LogP contribution in [-0.2, 0) is 28.6 Å². The lowest BCUT2D eigenvalue weighted by Gasteiger charge is -2.18. The summed E-state index contributed by atoms with van der Waals surface area (Å²) in [6, 6.07) is 0. The number of carbonyl (C=O) groups excluding carboxylic acids is 3. The Hall–Kier alpha value is -2.89. The zero-order valence-electron chi connectivity index (χ0n) is 47.9. The van der Waals surface area contributed by atoms with Gasteiger partial charge >= 0.3 is 17.9 Å². The Kier molecular flexibility index (Phi) is 58.2. The topological polar surface area (TPSA) is 78.9 Å². The molecule has 0 aromatic carbocycles. The molecule has 0 aliphatic carbocycles. The van der Waals surface area contributed by atoms with Crippen LogP contribution in [0.3, 0.4) is 0 Å². The maximum Gasteiger partial charge on any atom is 0.306 e. The molecule has 6 heteroatoms. The molecule has 0 fully saturated rings. The lowest BCUT2D eigenvalue weighted by atomic mass is 10.0. The van der Waals surface area contributed by atoms with Gasteiger partial charge in [0.15, 0.2) is 6.10 Å². The molecule has 72 heavy (non-hydrogen) atoms. The summed E-state index contributed by atoms with van der Waals surface area (Å²) in [5.41, 5.74) is 0. The lowest BCUT2D eigenvalue weighted by molar-refractivity contribution is -0.167. The zero-order chi connectivity index (χ0) is 52.2. The van der Waals surface area contributed by atoms with E-state index in [0.29, 0.717) is 19.3 Å². The summed E-state index contributed by atoms with van der Waals surface area (Å²) in [6.07, 6.45) is 76.6. The van der Waals surface area contributed by atoms with Crippen molar-refractivity contribution < 1.29 is 28.6 Å². The molecule has 1 atom stereocenters. The Labute approximate surface area is 447 Å². The van der Waals surface area contributed by atoms with Crippen molar-refractivity contribution in [1.82, 2.24) is 0 Å². The first kappa shape index (κ1) is 69.1. The van der Waals surface area contributed by atoms with Crippen molar-refractivity contribution in [2.45, 2.75) is 329 Å². The van der Waals surface area contributed by atoms with Gasteiger partial charge in [-0.15, -0.1) is 0 Å². The number of ether oxygens (including phenoxy) is 3. The second-order valence-corrected chi connectivity index (χ2v) is 20.9. The fraction of sp³-hybridized carbons (Fsp3) is 0.803. The van der Waals surface area contributed by atoms with E-state index in [2.05, 4.69) is 81.5 Å². The van der Waals surface area contributed by atoms with Crippen LogP contribution in [0.2, 0.25) is 0 Å². The lowest BCUT2D eigenvalue weighted by Crippen LogP contribution is -2.30. The molecule has 0 aliphatic rings. The summed E-state index contributed by atoms with van der Waals surface area (Å²) in [4.78, 5) is 38.2. The molecule has 0 saturated heterocycles. The number of allylic oxidation sites excluding steroid dienone is 10. The third-order valence-corrected chi connectivity index (χ3v) is 13.8. The van der Waals surface area contributed by atoms with E-state index in [9.17, 15) is 14.4 Å². The van der Waals surface area contributed by atoms with Crippen molar-refractivity contribution in [2.24, 2.45) is 0 Å². The van der Waals surface area contributed by atoms with E-state index in [-0.39, 0.29) is 31.1 Å². The van der Waals surface area contributed by atoms with Crippen molar-refractivity contribution in [3.8, 4) is 0 Å². The van der Waals surface area contributed by atoms with Gasteiger partial charge in [0.2, 0.25) is 0 Å². The molecule has 0 aromatic heterocycles. The van der Waals surface area contributed by atoms with E-state index >= 15 is 0 Å². The highest BCUT2D eigenvalue weighted by Crippen LogP contribution is 2.17. The van der Waals surface area contributed by atoms with Crippen LogP contribution in [0.5, 0.6) is 0 Å². The third-order valence-electron chi connectivity index (χ3n) is 13.8. The summed E-state index contributed by atoms with van der Waals surface area (Å²) in [5, 5.41) is 0. The van der Waals surface area contributed by atoms with E-state index in [1.165, 1.54) is 193 Å². The summed E-state index contributed by atoms with van der Waals surface area (Å²) in [5.74, 6) is -0.872.